The predicted octanol–water partition coefficient (Wildman–Crippen LogP) is 2.08. The zero-order valence-electron chi connectivity index (χ0n) is 12.3. The molecule has 114 valence electrons. The van der Waals surface area contributed by atoms with Gasteiger partial charge in [0.1, 0.15) is 0 Å². The maximum absolute atomic E-state index is 12.6. The highest BCUT2D eigenvalue weighted by Crippen LogP contribution is 2.37. The molecule has 1 aromatic heterocycles. The quantitative estimate of drug-likeness (QED) is 0.808. The van der Waals surface area contributed by atoms with Crippen molar-refractivity contribution in [2.24, 2.45) is 0 Å². The Morgan fingerprint density at radius 3 is 3.00 bits per heavy atom. The fraction of sp³-hybridized carbons (Fsp3) is 0.467. The highest BCUT2D eigenvalue weighted by Gasteiger charge is 2.32. The van der Waals surface area contributed by atoms with Gasteiger partial charge in [0.15, 0.2) is 0 Å². The number of amides is 1. The number of thioether (sulfide) groups is 1. The van der Waals surface area contributed by atoms with E-state index < -0.39 is 0 Å². The Hall–Kier alpha value is -1.89. The predicted molar refractivity (Wildman–Crippen MR) is 83.9 cm³/mol. The Morgan fingerprint density at radius 2 is 2.18 bits per heavy atom. The topological polar surface area (TPSA) is 63.9 Å². The third-order valence-electron chi connectivity index (χ3n) is 4.16. The number of benzene rings is 1. The summed E-state index contributed by atoms with van der Waals surface area (Å²) >= 11 is 1.43. The zero-order chi connectivity index (χ0) is 15.1. The van der Waals surface area contributed by atoms with Crippen LogP contribution in [-0.2, 0) is 11.2 Å². The van der Waals surface area contributed by atoms with Crippen LogP contribution in [0.4, 0.5) is 5.69 Å². The number of tetrazole rings is 1. The third kappa shape index (κ3) is 2.39. The van der Waals surface area contributed by atoms with Gasteiger partial charge in [-0.15, -0.1) is 5.10 Å². The number of anilines is 1. The van der Waals surface area contributed by atoms with Crippen LogP contribution in [-0.4, -0.2) is 37.9 Å². The minimum atomic E-state index is 0.118. The highest BCUT2D eigenvalue weighted by molar-refractivity contribution is 7.99. The molecule has 2 aromatic rings. The first-order valence-electron chi connectivity index (χ1n) is 7.54. The van der Waals surface area contributed by atoms with Crippen molar-refractivity contribution < 1.29 is 4.79 Å². The largest absolute Gasteiger partial charge is 0.308 e. The number of fused-ring (bicyclic) bond motifs is 1. The molecule has 1 atom stereocenters. The smallest absolute Gasteiger partial charge is 0.237 e. The van der Waals surface area contributed by atoms with Crippen LogP contribution in [0.1, 0.15) is 31.4 Å². The maximum Gasteiger partial charge on any atom is 0.237 e. The Labute approximate surface area is 132 Å². The number of rotatable bonds is 4. The fourth-order valence-electron chi connectivity index (χ4n) is 2.97. The average Bonchev–Trinajstić information content (AvgIpc) is 3.15. The summed E-state index contributed by atoms with van der Waals surface area (Å²) in [6.07, 6.45) is 3.18. The van der Waals surface area contributed by atoms with Crippen molar-refractivity contribution in [3.63, 3.8) is 0 Å². The summed E-state index contributed by atoms with van der Waals surface area (Å²) in [4.78, 5) is 14.5. The van der Waals surface area contributed by atoms with Gasteiger partial charge in [0.2, 0.25) is 11.1 Å². The number of hydrogen-bond donors (Lipinski definition) is 0. The van der Waals surface area contributed by atoms with E-state index in [4.69, 9.17) is 0 Å². The number of carbonyl (C=O) groups excluding carboxylic acids is 1. The lowest BCUT2D eigenvalue weighted by Crippen LogP contribution is -2.37. The molecule has 1 amide bonds. The lowest BCUT2D eigenvalue weighted by molar-refractivity contribution is -0.116. The maximum atomic E-state index is 12.6. The fourth-order valence-corrected chi connectivity index (χ4v) is 3.77. The monoisotopic (exact) mass is 315 g/mol. The molecule has 6 nitrogen and oxygen atoms in total. The molecule has 4 rings (SSSR count). The molecule has 1 aliphatic heterocycles. The Balaban J connectivity index is 1.47. The van der Waals surface area contributed by atoms with Crippen LogP contribution in [0.25, 0.3) is 0 Å². The van der Waals surface area contributed by atoms with Gasteiger partial charge in [-0.25, -0.2) is 4.68 Å². The highest BCUT2D eigenvalue weighted by atomic mass is 32.2. The molecule has 0 N–H and O–H groups in total. The van der Waals surface area contributed by atoms with Gasteiger partial charge in [0, 0.05) is 11.7 Å². The normalized spacial score (nSPS) is 20.2. The first-order chi connectivity index (χ1) is 10.7. The van der Waals surface area contributed by atoms with Gasteiger partial charge in [-0.2, -0.15) is 0 Å². The van der Waals surface area contributed by atoms with E-state index >= 15 is 0 Å². The lowest BCUT2D eigenvalue weighted by atomic mass is 10.1. The van der Waals surface area contributed by atoms with Crippen molar-refractivity contribution in [3.05, 3.63) is 29.8 Å². The van der Waals surface area contributed by atoms with Crippen molar-refractivity contribution in [2.45, 2.75) is 43.4 Å². The van der Waals surface area contributed by atoms with E-state index in [1.54, 1.807) is 0 Å². The molecule has 1 saturated carbocycles. The summed E-state index contributed by atoms with van der Waals surface area (Å²) < 4.78 is 1.85. The van der Waals surface area contributed by atoms with Crippen molar-refractivity contribution in [3.8, 4) is 0 Å². The van der Waals surface area contributed by atoms with E-state index in [0.717, 1.165) is 30.1 Å². The molecule has 2 heterocycles. The summed E-state index contributed by atoms with van der Waals surface area (Å²) in [6, 6.07) is 8.77. The summed E-state index contributed by atoms with van der Waals surface area (Å²) in [5, 5.41) is 12.5. The molecule has 0 bridgehead atoms. The summed E-state index contributed by atoms with van der Waals surface area (Å²) in [5.41, 5.74) is 2.29. The van der Waals surface area contributed by atoms with Gasteiger partial charge in [-0.3, -0.25) is 4.79 Å². The minimum absolute atomic E-state index is 0.118. The zero-order valence-corrected chi connectivity index (χ0v) is 13.2. The van der Waals surface area contributed by atoms with E-state index in [2.05, 4.69) is 28.5 Å². The molecule has 0 spiro atoms. The molecule has 1 aromatic carbocycles. The van der Waals surface area contributed by atoms with E-state index in [0.29, 0.717) is 11.8 Å². The number of nitrogens with zero attached hydrogens (tertiary/aromatic N) is 5. The van der Waals surface area contributed by atoms with Gasteiger partial charge in [0.05, 0.1) is 11.8 Å². The number of aromatic nitrogens is 4. The molecular formula is C15H17N5OS. The lowest BCUT2D eigenvalue weighted by Gasteiger charge is -2.22. The first kappa shape index (κ1) is 13.8. The standard InChI is InChI=1S/C15H17N5OS/c1-10-8-11-4-2-3-5-13(11)19(10)14(21)9-22-15-16-17-18-20(15)12-6-7-12/h2-5,10,12H,6-9H2,1H3/t10-/m0/s1. The number of para-hydroxylation sites is 1. The Morgan fingerprint density at radius 1 is 1.36 bits per heavy atom. The van der Waals surface area contributed by atoms with Gasteiger partial charge < -0.3 is 4.90 Å². The van der Waals surface area contributed by atoms with Crippen LogP contribution >= 0.6 is 11.8 Å². The molecule has 1 aliphatic carbocycles. The van der Waals surface area contributed by atoms with E-state index in [1.807, 2.05) is 27.8 Å². The van der Waals surface area contributed by atoms with Crippen LogP contribution in [0.3, 0.4) is 0 Å². The first-order valence-corrected chi connectivity index (χ1v) is 8.53. The minimum Gasteiger partial charge on any atom is -0.308 e. The number of hydrogen-bond acceptors (Lipinski definition) is 5. The summed E-state index contributed by atoms with van der Waals surface area (Å²) in [7, 11) is 0. The van der Waals surface area contributed by atoms with Crippen LogP contribution in [0.5, 0.6) is 0 Å². The second-order valence-electron chi connectivity index (χ2n) is 5.87. The van der Waals surface area contributed by atoms with Gasteiger partial charge in [-0.1, -0.05) is 30.0 Å². The Kier molecular flexibility index (Phi) is 3.37. The van der Waals surface area contributed by atoms with Crippen molar-refractivity contribution in [2.75, 3.05) is 10.7 Å². The molecule has 1 fully saturated rings. The average molecular weight is 315 g/mol. The summed E-state index contributed by atoms with van der Waals surface area (Å²) in [5.74, 6) is 0.485. The molecule has 0 radical (unpaired) electrons. The van der Waals surface area contributed by atoms with Crippen molar-refractivity contribution in [1.82, 2.24) is 20.2 Å². The molecule has 7 heteroatoms. The Bertz CT molecular complexity index is 711. The van der Waals surface area contributed by atoms with E-state index in [9.17, 15) is 4.79 Å². The van der Waals surface area contributed by atoms with Crippen molar-refractivity contribution in [1.29, 1.82) is 0 Å². The van der Waals surface area contributed by atoms with E-state index in [1.165, 1.54) is 17.3 Å². The van der Waals surface area contributed by atoms with Gasteiger partial charge >= 0.3 is 0 Å². The van der Waals surface area contributed by atoms with Crippen LogP contribution < -0.4 is 4.90 Å². The molecular weight excluding hydrogens is 298 g/mol. The van der Waals surface area contributed by atoms with Crippen molar-refractivity contribution >= 4 is 23.4 Å². The van der Waals surface area contributed by atoms with E-state index in [-0.39, 0.29) is 11.9 Å². The van der Waals surface area contributed by atoms with Crippen LogP contribution in [0.2, 0.25) is 0 Å². The molecule has 0 saturated heterocycles. The molecule has 0 unspecified atom stereocenters. The SMILES string of the molecule is C[C@H]1Cc2ccccc2N1C(=O)CSc1nnnn1C1CC1. The molecule has 22 heavy (non-hydrogen) atoms. The molecule has 2 aliphatic rings. The summed E-state index contributed by atoms with van der Waals surface area (Å²) in [6.45, 7) is 2.09. The van der Waals surface area contributed by atoms with Gasteiger partial charge in [0.25, 0.3) is 0 Å². The third-order valence-corrected chi connectivity index (χ3v) is 5.07. The second kappa shape index (κ2) is 5.39. The number of carbonyl (C=O) groups is 1. The van der Waals surface area contributed by atoms with Gasteiger partial charge in [-0.05, 0) is 48.2 Å². The van der Waals surface area contributed by atoms with Crippen LogP contribution in [0, 0.1) is 0 Å². The van der Waals surface area contributed by atoms with Crippen LogP contribution in [0.15, 0.2) is 29.4 Å². The second-order valence-corrected chi connectivity index (χ2v) is 6.81.